The summed E-state index contributed by atoms with van der Waals surface area (Å²) in [5.74, 6) is 0.708. The highest BCUT2D eigenvalue weighted by Crippen LogP contribution is 2.36. The van der Waals surface area contributed by atoms with Gasteiger partial charge in [0.1, 0.15) is 0 Å². The molecule has 4 heteroatoms. The molecule has 0 spiro atoms. The van der Waals surface area contributed by atoms with Crippen molar-refractivity contribution in [3.63, 3.8) is 0 Å². The fourth-order valence-corrected chi connectivity index (χ4v) is 6.59. The molecule has 2 N–H and O–H groups in total. The Kier molecular flexibility index (Phi) is 9.88. The summed E-state index contributed by atoms with van der Waals surface area (Å²) in [6, 6.07) is 10.5. The molecule has 1 aliphatic carbocycles. The van der Waals surface area contributed by atoms with Gasteiger partial charge >= 0.3 is 0 Å². The first-order valence-electron chi connectivity index (χ1n) is 14.4. The average molecular weight is 471 g/mol. The Bertz CT molecular complexity index is 724. The Labute approximate surface area is 208 Å². The van der Waals surface area contributed by atoms with Crippen LogP contribution in [0, 0.1) is 5.92 Å². The van der Waals surface area contributed by atoms with Crippen LogP contribution in [0.2, 0.25) is 0 Å². The van der Waals surface area contributed by atoms with Gasteiger partial charge in [0.15, 0.2) is 0 Å². The third-order valence-corrected chi connectivity index (χ3v) is 8.14. The summed E-state index contributed by atoms with van der Waals surface area (Å²) in [6.45, 7) is 9.83. The fourth-order valence-electron chi connectivity index (χ4n) is 6.59. The Hall–Kier alpha value is -0.940. The zero-order chi connectivity index (χ0) is 23.9. The second-order valence-electron chi connectivity index (χ2n) is 11.6. The minimum Gasteiger partial charge on any atom is -0.374 e. The summed E-state index contributed by atoms with van der Waals surface area (Å²) in [4.78, 5) is 0. The van der Waals surface area contributed by atoms with Gasteiger partial charge < -0.3 is 20.1 Å². The molecule has 1 aromatic carbocycles. The molecule has 2 aliphatic heterocycles. The molecule has 4 rings (SSSR count). The van der Waals surface area contributed by atoms with Crippen molar-refractivity contribution in [1.29, 1.82) is 0 Å². The van der Waals surface area contributed by atoms with Gasteiger partial charge in [0, 0.05) is 18.1 Å². The van der Waals surface area contributed by atoms with E-state index in [0.29, 0.717) is 30.1 Å². The predicted octanol–water partition coefficient (Wildman–Crippen LogP) is 6.85. The van der Waals surface area contributed by atoms with Crippen LogP contribution in [-0.4, -0.2) is 36.9 Å². The maximum Gasteiger partial charge on any atom is 0.0981 e. The van der Waals surface area contributed by atoms with Crippen LogP contribution in [0.15, 0.2) is 24.3 Å². The molecule has 1 aromatic rings. The third kappa shape index (κ3) is 7.06. The predicted molar refractivity (Wildman–Crippen MR) is 141 cm³/mol. The number of nitrogens with one attached hydrogen (secondary N) is 2. The summed E-state index contributed by atoms with van der Waals surface area (Å²) < 4.78 is 13.1. The summed E-state index contributed by atoms with van der Waals surface area (Å²) >= 11 is 0. The van der Waals surface area contributed by atoms with Crippen LogP contribution in [-0.2, 0) is 9.47 Å². The van der Waals surface area contributed by atoms with E-state index in [1.165, 1.54) is 81.8 Å². The first-order valence-corrected chi connectivity index (χ1v) is 14.4. The molecule has 2 heterocycles. The molecule has 5 atom stereocenters. The Morgan fingerprint density at radius 1 is 0.765 bits per heavy atom. The highest BCUT2D eigenvalue weighted by atomic mass is 16.5. The molecule has 5 unspecified atom stereocenters. The molecule has 0 bridgehead atoms. The van der Waals surface area contributed by atoms with E-state index in [1.54, 1.807) is 0 Å². The summed E-state index contributed by atoms with van der Waals surface area (Å²) in [7, 11) is 0. The molecular formula is C30H50N2O2. The van der Waals surface area contributed by atoms with Crippen LogP contribution in [0.4, 0.5) is 0 Å². The van der Waals surface area contributed by atoms with Gasteiger partial charge in [0.25, 0.3) is 0 Å². The number of piperidine rings is 2. The first kappa shape index (κ1) is 26.1. The Morgan fingerprint density at radius 2 is 1.50 bits per heavy atom. The second-order valence-corrected chi connectivity index (χ2v) is 11.6. The second kappa shape index (κ2) is 12.9. The number of ether oxygens (including phenoxy) is 2. The van der Waals surface area contributed by atoms with Gasteiger partial charge in [-0.05, 0) is 96.2 Å². The number of rotatable bonds is 9. The van der Waals surface area contributed by atoms with Crippen LogP contribution < -0.4 is 10.6 Å². The first-order chi connectivity index (χ1) is 16.5. The quantitative estimate of drug-likeness (QED) is 0.414. The highest BCUT2D eigenvalue weighted by molar-refractivity contribution is 5.29. The molecule has 2 saturated heterocycles. The molecule has 0 radical (unpaired) electrons. The lowest BCUT2D eigenvalue weighted by Crippen LogP contribution is -2.50. The van der Waals surface area contributed by atoms with E-state index in [-0.39, 0.29) is 18.3 Å². The molecule has 1 saturated carbocycles. The number of hydrogen-bond donors (Lipinski definition) is 2. The van der Waals surface area contributed by atoms with Crippen LogP contribution in [0.1, 0.15) is 122 Å². The van der Waals surface area contributed by atoms with E-state index in [1.807, 2.05) is 0 Å². The lowest BCUT2D eigenvalue weighted by atomic mass is 9.79. The van der Waals surface area contributed by atoms with E-state index in [2.05, 4.69) is 62.6 Å². The zero-order valence-corrected chi connectivity index (χ0v) is 22.2. The van der Waals surface area contributed by atoms with Crippen LogP contribution in [0.3, 0.4) is 0 Å². The van der Waals surface area contributed by atoms with Crippen LogP contribution in [0.25, 0.3) is 0 Å². The van der Waals surface area contributed by atoms with Gasteiger partial charge in [-0.2, -0.15) is 0 Å². The topological polar surface area (TPSA) is 42.5 Å². The zero-order valence-electron chi connectivity index (χ0n) is 22.2. The minimum atomic E-state index is 0.124. The SMILES string of the molecule is CC(C)OC(c1cccc(C2CCCC(C(OC(C)C)C3CCCCC3)N2)c1)C1CCCCN1. The van der Waals surface area contributed by atoms with Crippen molar-refractivity contribution in [2.45, 2.75) is 141 Å². The van der Waals surface area contributed by atoms with Crippen LogP contribution in [0.5, 0.6) is 0 Å². The van der Waals surface area contributed by atoms with E-state index in [4.69, 9.17) is 9.47 Å². The van der Waals surface area contributed by atoms with Gasteiger partial charge in [-0.15, -0.1) is 0 Å². The summed E-state index contributed by atoms with van der Waals surface area (Å²) in [5, 5.41) is 7.82. The van der Waals surface area contributed by atoms with Gasteiger partial charge in [0.05, 0.1) is 24.4 Å². The maximum atomic E-state index is 6.61. The smallest absolute Gasteiger partial charge is 0.0981 e. The Morgan fingerprint density at radius 3 is 2.21 bits per heavy atom. The minimum absolute atomic E-state index is 0.124. The van der Waals surface area contributed by atoms with Crippen molar-refractivity contribution < 1.29 is 9.47 Å². The van der Waals surface area contributed by atoms with Crippen molar-refractivity contribution in [2.24, 2.45) is 5.92 Å². The van der Waals surface area contributed by atoms with Crippen molar-refractivity contribution in [1.82, 2.24) is 10.6 Å². The normalized spacial score (nSPS) is 28.8. The molecule has 3 fully saturated rings. The van der Waals surface area contributed by atoms with E-state index >= 15 is 0 Å². The molecule has 34 heavy (non-hydrogen) atoms. The highest BCUT2D eigenvalue weighted by Gasteiger charge is 2.35. The molecular weight excluding hydrogens is 420 g/mol. The van der Waals surface area contributed by atoms with Crippen molar-refractivity contribution in [2.75, 3.05) is 6.54 Å². The molecule has 0 aromatic heterocycles. The molecule has 3 aliphatic rings. The average Bonchev–Trinajstić information content (AvgIpc) is 2.87. The fraction of sp³-hybridized carbons (Fsp3) is 0.800. The summed E-state index contributed by atoms with van der Waals surface area (Å²) in [5.41, 5.74) is 2.75. The van der Waals surface area contributed by atoms with E-state index in [9.17, 15) is 0 Å². The Balaban J connectivity index is 1.50. The van der Waals surface area contributed by atoms with Gasteiger partial charge in [0.2, 0.25) is 0 Å². The lowest BCUT2D eigenvalue weighted by Gasteiger charge is -2.41. The third-order valence-electron chi connectivity index (χ3n) is 8.14. The van der Waals surface area contributed by atoms with Crippen molar-refractivity contribution in [3.8, 4) is 0 Å². The lowest BCUT2D eigenvalue weighted by molar-refractivity contribution is -0.0630. The molecule has 4 nitrogen and oxygen atoms in total. The standard InChI is InChI=1S/C30H50N2O2/c1-21(2)33-29(23-12-6-5-7-13-23)28-18-11-17-26(32-28)24-14-10-15-25(20-24)30(34-22(3)4)27-16-8-9-19-31-27/h10,14-15,20-23,26-32H,5-9,11-13,16-19H2,1-4H3. The summed E-state index contributed by atoms with van der Waals surface area (Å²) in [6.07, 6.45) is 15.2. The van der Waals surface area contributed by atoms with Gasteiger partial charge in [-0.1, -0.05) is 49.9 Å². The molecule has 192 valence electrons. The van der Waals surface area contributed by atoms with E-state index < -0.39 is 0 Å². The van der Waals surface area contributed by atoms with Gasteiger partial charge in [-0.3, -0.25) is 0 Å². The van der Waals surface area contributed by atoms with Crippen LogP contribution >= 0.6 is 0 Å². The van der Waals surface area contributed by atoms with Crippen molar-refractivity contribution in [3.05, 3.63) is 35.4 Å². The van der Waals surface area contributed by atoms with E-state index in [0.717, 1.165) is 6.54 Å². The number of hydrogen-bond acceptors (Lipinski definition) is 4. The maximum absolute atomic E-state index is 6.61. The largest absolute Gasteiger partial charge is 0.374 e. The molecule has 0 amide bonds. The number of benzene rings is 1. The monoisotopic (exact) mass is 470 g/mol. The van der Waals surface area contributed by atoms with Crippen molar-refractivity contribution >= 4 is 0 Å². The van der Waals surface area contributed by atoms with Gasteiger partial charge in [-0.25, -0.2) is 0 Å².